The molecule has 1 saturated heterocycles. The Morgan fingerprint density at radius 1 is 1.13 bits per heavy atom. The van der Waals surface area contributed by atoms with Gasteiger partial charge in [0.05, 0.1) is 18.7 Å². The van der Waals surface area contributed by atoms with E-state index in [-0.39, 0.29) is 24.2 Å². The van der Waals surface area contributed by atoms with Crippen LogP contribution in [0.4, 0.5) is 5.69 Å². The lowest BCUT2D eigenvalue weighted by atomic mass is 9.97. The molecule has 1 fully saturated rings. The molecule has 2 aromatic carbocycles. The van der Waals surface area contributed by atoms with Gasteiger partial charge < -0.3 is 4.74 Å². The molecule has 0 aromatic heterocycles. The minimum Gasteiger partial charge on any atom is -0.496 e. The Labute approximate surface area is 148 Å². The third-order valence-corrected chi connectivity index (χ3v) is 4.70. The molecule has 0 unspecified atom stereocenters. The minimum absolute atomic E-state index is 0.137. The number of anilines is 1. The van der Waals surface area contributed by atoms with Crippen LogP contribution in [-0.4, -0.2) is 18.9 Å². The molecule has 0 spiro atoms. The van der Waals surface area contributed by atoms with E-state index in [1.54, 1.807) is 7.11 Å². The fraction of sp³-hybridized carbons (Fsp3) is 0.222. The summed E-state index contributed by atoms with van der Waals surface area (Å²) in [4.78, 5) is 26.3. The fourth-order valence-corrected chi connectivity index (χ4v) is 3.21. The molecule has 0 radical (unpaired) electrons. The van der Waals surface area contributed by atoms with E-state index in [1.807, 2.05) is 48.5 Å². The van der Waals surface area contributed by atoms with Crippen molar-refractivity contribution in [3.8, 4) is 5.75 Å². The van der Waals surface area contributed by atoms with E-state index in [9.17, 15) is 9.59 Å². The molecular formula is C18H16INO3. The lowest BCUT2D eigenvalue weighted by molar-refractivity contribution is -0.122. The minimum atomic E-state index is -0.335. The highest BCUT2D eigenvalue weighted by molar-refractivity contribution is 14.1. The number of imide groups is 1. The van der Waals surface area contributed by atoms with Crippen molar-refractivity contribution in [2.24, 2.45) is 5.92 Å². The number of hydrogen-bond donors (Lipinski definition) is 0. The summed E-state index contributed by atoms with van der Waals surface area (Å²) in [5.41, 5.74) is 1.59. The summed E-state index contributed by atoms with van der Waals surface area (Å²) in [6, 6.07) is 15.0. The Bertz CT molecular complexity index is 742. The molecule has 2 amide bonds. The van der Waals surface area contributed by atoms with Gasteiger partial charge >= 0.3 is 0 Å². The Morgan fingerprint density at radius 3 is 2.52 bits per heavy atom. The van der Waals surface area contributed by atoms with E-state index in [2.05, 4.69) is 22.6 Å². The topological polar surface area (TPSA) is 46.6 Å². The summed E-state index contributed by atoms with van der Waals surface area (Å²) in [7, 11) is 1.61. The van der Waals surface area contributed by atoms with Crippen LogP contribution in [0.3, 0.4) is 0 Å². The maximum Gasteiger partial charge on any atom is 0.237 e. The molecule has 0 aliphatic carbocycles. The smallest absolute Gasteiger partial charge is 0.237 e. The van der Waals surface area contributed by atoms with Crippen LogP contribution in [0.2, 0.25) is 0 Å². The molecule has 0 bridgehead atoms. The van der Waals surface area contributed by atoms with Crippen LogP contribution in [0.15, 0.2) is 48.5 Å². The van der Waals surface area contributed by atoms with Crippen LogP contribution in [-0.2, 0) is 16.0 Å². The van der Waals surface area contributed by atoms with E-state index < -0.39 is 0 Å². The zero-order valence-electron chi connectivity index (χ0n) is 12.7. The number of benzene rings is 2. The number of carbonyl (C=O) groups excluding carboxylic acids is 2. The lowest BCUT2D eigenvalue weighted by Crippen LogP contribution is -2.30. The first-order valence-electron chi connectivity index (χ1n) is 7.34. The molecule has 118 valence electrons. The van der Waals surface area contributed by atoms with Crippen molar-refractivity contribution >= 4 is 40.1 Å². The molecule has 2 aromatic rings. The maximum atomic E-state index is 12.7. The summed E-state index contributed by atoms with van der Waals surface area (Å²) < 4.78 is 6.40. The van der Waals surface area contributed by atoms with Crippen LogP contribution >= 0.6 is 22.6 Å². The van der Waals surface area contributed by atoms with Crippen molar-refractivity contribution in [2.45, 2.75) is 12.8 Å². The monoisotopic (exact) mass is 421 g/mol. The molecular weight excluding hydrogens is 405 g/mol. The normalized spacial score (nSPS) is 17.7. The molecule has 1 atom stereocenters. The predicted octanol–water partition coefficient (Wildman–Crippen LogP) is 3.42. The maximum absolute atomic E-state index is 12.7. The Kier molecular flexibility index (Phi) is 4.66. The average Bonchev–Trinajstić information content (AvgIpc) is 2.83. The summed E-state index contributed by atoms with van der Waals surface area (Å²) >= 11 is 2.19. The zero-order valence-corrected chi connectivity index (χ0v) is 14.8. The molecule has 1 heterocycles. The summed E-state index contributed by atoms with van der Waals surface area (Å²) in [6.45, 7) is 0. The number of ether oxygens (including phenoxy) is 1. The van der Waals surface area contributed by atoms with Gasteiger partial charge in [0.25, 0.3) is 0 Å². The Balaban J connectivity index is 1.82. The van der Waals surface area contributed by atoms with Gasteiger partial charge in [-0.2, -0.15) is 0 Å². The summed E-state index contributed by atoms with van der Waals surface area (Å²) in [6.07, 6.45) is 0.748. The number of hydrogen-bond acceptors (Lipinski definition) is 3. The van der Waals surface area contributed by atoms with Crippen LogP contribution in [0.5, 0.6) is 5.75 Å². The van der Waals surface area contributed by atoms with E-state index >= 15 is 0 Å². The number of rotatable bonds is 4. The molecule has 3 rings (SSSR count). The number of nitrogens with zero attached hydrogens (tertiary/aromatic N) is 1. The van der Waals surface area contributed by atoms with Crippen LogP contribution in [0, 0.1) is 9.49 Å². The van der Waals surface area contributed by atoms with Crippen molar-refractivity contribution in [3.05, 3.63) is 57.7 Å². The van der Waals surface area contributed by atoms with Gasteiger partial charge in [-0.25, -0.2) is 0 Å². The first kappa shape index (κ1) is 16.0. The molecule has 0 N–H and O–H groups in total. The van der Waals surface area contributed by atoms with E-state index in [4.69, 9.17) is 4.74 Å². The standard InChI is InChI=1S/C18H16INO3/c1-23-16-5-3-2-4-12(16)10-13-11-17(21)20(18(13)22)15-8-6-14(19)7-9-15/h2-9,13H,10-11H2,1H3/t13-/m0/s1. The number of amides is 2. The second-order valence-electron chi connectivity index (χ2n) is 5.46. The number of para-hydroxylation sites is 1. The number of methoxy groups -OCH3 is 1. The Morgan fingerprint density at radius 2 is 1.83 bits per heavy atom. The van der Waals surface area contributed by atoms with E-state index in [0.29, 0.717) is 12.1 Å². The first-order valence-corrected chi connectivity index (χ1v) is 8.42. The quantitative estimate of drug-likeness (QED) is 0.562. The van der Waals surface area contributed by atoms with Gasteiger partial charge in [-0.05, 0) is 64.9 Å². The zero-order chi connectivity index (χ0) is 16.4. The summed E-state index contributed by atoms with van der Waals surface area (Å²) in [5.74, 6) is 0.136. The first-order chi connectivity index (χ1) is 11.1. The van der Waals surface area contributed by atoms with Gasteiger partial charge in [-0.3, -0.25) is 14.5 Å². The third-order valence-electron chi connectivity index (χ3n) is 3.98. The second kappa shape index (κ2) is 6.70. The van der Waals surface area contributed by atoms with Crippen molar-refractivity contribution < 1.29 is 14.3 Å². The molecule has 0 saturated carbocycles. The predicted molar refractivity (Wildman–Crippen MR) is 96.5 cm³/mol. The van der Waals surface area contributed by atoms with E-state index in [0.717, 1.165) is 14.9 Å². The van der Waals surface area contributed by atoms with Gasteiger partial charge in [-0.15, -0.1) is 0 Å². The van der Waals surface area contributed by atoms with Gasteiger partial charge in [0.1, 0.15) is 5.75 Å². The van der Waals surface area contributed by atoms with Gasteiger partial charge in [0, 0.05) is 9.99 Å². The van der Waals surface area contributed by atoms with Crippen molar-refractivity contribution in [1.82, 2.24) is 0 Å². The highest BCUT2D eigenvalue weighted by Crippen LogP contribution is 2.31. The fourth-order valence-electron chi connectivity index (χ4n) is 2.85. The largest absolute Gasteiger partial charge is 0.496 e. The SMILES string of the molecule is COc1ccccc1C[C@H]1CC(=O)N(c2ccc(I)cc2)C1=O. The highest BCUT2D eigenvalue weighted by Gasteiger charge is 2.39. The molecule has 1 aliphatic heterocycles. The van der Waals surface area contributed by atoms with Crippen molar-refractivity contribution in [1.29, 1.82) is 0 Å². The second-order valence-corrected chi connectivity index (χ2v) is 6.71. The van der Waals surface area contributed by atoms with E-state index in [1.165, 1.54) is 4.90 Å². The number of halogens is 1. The highest BCUT2D eigenvalue weighted by atomic mass is 127. The van der Waals surface area contributed by atoms with Gasteiger partial charge in [0.2, 0.25) is 11.8 Å². The molecule has 1 aliphatic rings. The lowest BCUT2D eigenvalue weighted by Gasteiger charge is -2.15. The Hall–Kier alpha value is -1.89. The molecule has 4 nitrogen and oxygen atoms in total. The van der Waals surface area contributed by atoms with Crippen LogP contribution < -0.4 is 9.64 Å². The average molecular weight is 421 g/mol. The molecule has 23 heavy (non-hydrogen) atoms. The van der Waals surface area contributed by atoms with Gasteiger partial charge in [-0.1, -0.05) is 18.2 Å². The number of carbonyl (C=O) groups is 2. The summed E-state index contributed by atoms with van der Waals surface area (Å²) in [5, 5.41) is 0. The third kappa shape index (κ3) is 3.24. The molecule has 5 heteroatoms. The van der Waals surface area contributed by atoms with Crippen molar-refractivity contribution in [2.75, 3.05) is 12.0 Å². The van der Waals surface area contributed by atoms with Crippen LogP contribution in [0.1, 0.15) is 12.0 Å². The van der Waals surface area contributed by atoms with Crippen molar-refractivity contribution in [3.63, 3.8) is 0 Å². The van der Waals surface area contributed by atoms with Crippen LogP contribution in [0.25, 0.3) is 0 Å². The van der Waals surface area contributed by atoms with Gasteiger partial charge in [0.15, 0.2) is 0 Å².